The Balaban J connectivity index is 1.48. The van der Waals surface area contributed by atoms with Crippen molar-refractivity contribution in [3.8, 4) is 11.9 Å². The molecule has 3 N–H and O–H groups in total. The van der Waals surface area contributed by atoms with Crippen molar-refractivity contribution in [3.63, 3.8) is 0 Å². The molecular weight excluding hydrogens is 394 g/mol. The number of aromatic nitrogens is 2. The van der Waals surface area contributed by atoms with Crippen LogP contribution in [0.3, 0.4) is 0 Å². The third-order valence-corrected chi connectivity index (χ3v) is 6.41. The van der Waals surface area contributed by atoms with Crippen LogP contribution in [0.4, 0.5) is 11.6 Å². The highest BCUT2D eigenvalue weighted by atomic mass is 32.2. The van der Waals surface area contributed by atoms with Gasteiger partial charge in [0.1, 0.15) is 17.7 Å². The van der Waals surface area contributed by atoms with Crippen LogP contribution in [0, 0.1) is 11.3 Å². The number of sulfonamides is 1. The minimum absolute atomic E-state index is 0.0432. The summed E-state index contributed by atoms with van der Waals surface area (Å²) >= 11 is 0. The molecule has 29 heavy (non-hydrogen) atoms. The van der Waals surface area contributed by atoms with Crippen molar-refractivity contribution >= 4 is 21.7 Å². The number of anilines is 2. The molecule has 0 aliphatic heterocycles. The molecule has 2 aromatic rings. The quantitative estimate of drug-likeness (QED) is 0.623. The second-order valence-corrected chi connectivity index (χ2v) is 8.94. The maximum absolute atomic E-state index is 12.2. The molecule has 1 aromatic carbocycles. The van der Waals surface area contributed by atoms with Crippen LogP contribution in [0.1, 0.15) is 37.7 Å². The molecule has 0 saturated heterocycles. The van der Waals surface area contributed by atoms with Gasteiger partial charge in [0.25, 0.3) is 0 Å². The molecular formula is C19H21N5O4S. The third kappa shape index (κ3) is 4.64. The van der Waals surface area contributed by atoms with Gasteiger partial charge in [-0.25, -0.2) is 18.1 Å². The fraction of sp³-hybridized carbons (Fsp3) is 0.421. The molecule has 2 saturated carbocycles. The number of aliphatic hydroxyl groups excluding tert-OH is 1. The summed E-state index contributed by atoms with van der Waals surface area (Å²) in [5.74, 6) is 0.321. The number of nitrogens with zero attached hydrogens (tertiary/aromatic N) is 3. The van der Waals surface area contributed by atoms with Crippen molar-refractivity contribution in [2.75, 3.05) is 5.32 Å². The Labute approximate surface area is 168 Å². The highest BCUT2D eigenvalue weighted by molar-refractivity contribution is 7.89. The number of nitriles is 1. The number of ether oxygens (including phenoxy) is 1. The summed E-state index contributed by atoms with van der Waals surface area (Å²) in [4.78, 5) is 8.54. The summed E-state index contributed by atoms with van der Waals surface area (Å²) in [6.07, 6.45) is 4.34. The van der Waals surface area contributed by atoms with Gasteiger partial charge in [-0.3, -0.25) is 0 Å². The summed E-state index contributed by atoms with van der Waals surface area (Å²) in [5, 5.41) is 22.2. The standard InChI is InChI=1S/C19H21N5O4S/c20-10-12-11-21-19(23-18(12)28-17-3-1-2-16(17)25)22-13-6-8-15(9-7-13)29(26,27)24-14-4-5-14/h6-9,11,14,16-17,24-25H,1-5H2,(H,21,22,23)/t16-,17+/m1/s1. The third-order valence-electron chi connectivity index (χ3n) is 4.87. The normalized spacial score (nSPS) is 21.5. The van der Waals surface area contributed by atoms with Crippen LogP contribution in [-0.2, 0) is 10.0 Å². The molecule has 2 aliphatic carbocycles. The Morgan fingerprint density at radius 2 is 1.93 bits per heavy atom. The van der Waals surface area contributed by atoms with Crippen LogP contribution in [0.2, 0.25) is 0 Å². The van der Waals surface area contributed by atoms with Gasteiger partial charge in [0, 0.05) is 11.7 Å². The molecule has 1 aromatic heterocycles. The van der Waals surface area contributed by atoms with E-state index in [1.165, 1.54) is 18.3 Å². The zero-order chi connectivity index (χ0) is 20.4. The van der Waals surface area contributed by atoms with E-state index in [1.807, 2.05) is 6.07 Å². The highest BCUT2D eigenvalue weighted by Crippen LogP contribution is 2.27. The van der Waals surface area contributed by atoms with Crippen molar-refractivity contribution in [3.05, 3.63) is 36.0 Å². The molecule has 0 spiro atoms. The molecule has 1 heterocycles. The Bertz CT molecular complexity index is 1030. The van der Waals surface area contributed by atoms with E-state index in [-0.39, 0.29) is 28.3 Å². The van der Waals surface area contributed by atoms with Crippen molar-refractivity contribution in [1.82, 2.24) is 14.7 Å². The van der Waals surface area contributed by atoms with Crippen LogP contribution in [0.25, 0.3) is 0 Å². The highest BCUT2D eigenvalue weighted by Gasteiger charge is 2.29. The molecule has 0 amide bonds. The van der Waals surface area contributed by atoms with E-state index in [4.69, 9.17) is 4.74 Å². The molecule has 2 aliphatic rings. The summed E-state index contributed by atoms with van der Waals surface area (Å²) < 4.78 is 32.8. The van der Waals surface area contributed by atoms with Gasteiger partial charge in [-0.2, -0.15) is 10.2 Å². The second kappa shape index (κ2) is 7.94. The minimum Gasteiger partial charge on any atom is -0.471 e. The second-order valence-electron chi connectivity index (χ2n) is 7.22. The minimum atomic E-state index is -3.51. The first-order chi connectivity index (χ1) is 13.9. The molecule has 4 rings (SSSR count). The molecule has 2 fully saturated rings. The molecule has 152 valence electrons. The first-order valence-electron chi connectivity index (χ1n) is 9.46. The Kier molecular flexibility index (Phi) is 5.36. The number of benzene rings is 1. The van der Waals surface area contributed by atoms with Gasteiger partial charge in [-0.15, -0.1) is 0 Å². The van der Waals surface area contributed by atoms with Gasteiger partial charge in [-0.05, 0) is 56.4 Å². The van der Waals surface area contributed by atoms with Gasteiger partial charge in [-0.1, -0.05) is 0 Å². The van der Waals surface area contributed by atoms with Crippen molar-refractivity contribution in [2.45, 2.75) is 55.2 Å². The molecule has 0 radical (unpaired) electrons. The van der Waals surface area contributed by atoms with Crippen LogP contribution in [-0.4, -0.2) is 41.7 Å². The molecule has 2 atom stereocenters. The Morgan fingerprint density at radius 3 is 2.55 bits per heavy atom. The molecule has 10 heteroatoms. The lowest BCUT2D eigenvalue weighted by Crippen LogP contribution is -2.26. The van der Waals surface area contributed by atoms with Crippen molar-refractivity contribution in [1.29, 1.82) is 5.26 Å². The summed E-state index contributed by atoms with van der Waals surface area (Å²) in [7, 11) is -3.51. The number of hydrogen-bond donors (Lipinski definition) is 3. The zero-order valence-corrected chi connectivity index (χ0v) is 16.4. The van der Waals surface area contributed by atoms with E-state index in [0.717, 1.165) is 19.3 Å². The maximum Gasteiger partial charge on any atom is 0.240 e. The Morgan fingerprint density at radius 1 is 1.17 bits per heavy atom. The van der Waals surface area contributed by atoms with Gasteiger partial charge >= 0.3 is 0 Å². The summed E-state index contributed by atoms with van der Waals surface area (Å²) in [6, 6.07) is 8.27. The topological polar surface area (TPSA) is 137 Å². The van der Waals surface area contributed by atoms with E-state index in [1.54, 1.807) is 12.1 Å². The van der Waals surface area contributed by atoms with Gasteiger partial charge in [0.05, 0.1) is 17.2 Å². The predicted octanol–water partition coefficient (Wildman–Crippen LogP) is 1.82. The largest absolute Gasteiger partial charge is 0.471 e. The van der Waals surface area contributed by atoms with Crippen LogP contribution < -0.4 is 14.8 Å². The Hall–Kier alpha value is -2.74. The average molecular weight is 415 g/mol. The maximum atomic E-state index is 12.2. The lowest BCUT2D eigenvalue weighted by atomic mass is 10.2. The average Bonchev–Trinajstić information content (AvgIpc) is 3.42. The van der Waals surface area contributed by atoms with Gasteiger partial charge < -0.3 is 15.2 Å². The van der Waals surface area contributed by atoms with E-state index < -0.39 is 22.2 Å². The molecule has 0 unspecified atom stereocenters. The van der Waals surface area contributed by atoms with Crippen LogP contribution in [0.15, 0.2) is 35.4 Å². The fourth-order valence-corrected chi connectivity index (χ4v) is 4.42. The van der Waals surface area contributed by atoms with E-state index in [2.05, 4.69) is 20.0 Å². The van der Waals surface area contributed by atoms with Crippen molar-refractivity contribution < 1.29 is 18.3 Å². The van der Waals surface area contributed by atoms with E-state index in [9.17, 15) is 18.8 Å². The molecule has 9 nitrogen and oxygen atoms in total. The smallest absolute Gasteiger partial charge is 0.240 e. The monoisotopic (exact) mass is 415 g/mol. The summed E-state index contributed by atoms with van der Waals surface area (Å²) in [6.45, 7) is 0. The summed E-state index contributed by atoms with van der Waals surface area (Å²) in [5.41, 5.74) is 0.772. The van der Waals surface area contributed by atoms with Crippen molar-refractivity contribution in [2.24, 2.45) is 0 Å². The predicted molar refractivity (Wildman–Crippen MR) is 104 cm³/mol. The van der Waals surface area contributed by atoms with Gasteiger partial charge in [0.15, 0.2) is 0 Å². The number of rotatable bonds is 7. The van der Waals surface area contributed by atoms with Crippen LogP contribution >= 0.6 is 0 Å². The number of hydrogen-bond acceptors (Lipinski definition) is 8. The fourth-order valence-electron chi connectivity index (χ4n) is 3.12. The first kappa shape index (κ1) is 19.6. The number of aliphatic hydroxyl groups is 1. The SMILES string of the molecule is N#Cc1cnc(Nc2ccc(S(=O)(=O)NC3CC3)cc2)nc1O[C@H]1CCC[C@H]1O. The first-order valence-corrected chi connectivity index (χ1v) is 10.9. The van der Waals surface area contributed by atoms with Crippen LogP contribution in [0.5, 0.6) is 5.88 Å². The molecule has 0 bridgehead atoms. The number of nitrogens with one attached hydrogen (secondary N) is 2. The van der Waals surface area contributed by atoms with E-state index in [0.29, 0.717) is 18.5 Å². The zero-order valence-electron chi connectivity index (χ0n) is 15.6. The van der Waals surface area contributed by atoms with Gasteiger partial charge in [0.2, 0.25) is 21.9 Å². The lowest BCUT2D eigenvalue weighted by Gasteiger charge is -2.17. The van der Waals surface area contributed by atoms with E-state index >= 15 is 0 Å². The lowest BCUT2D eigenvalue weighted by molar-refractivity contribution is 0.0572.